The van der Waals surface area contributed by atoms with E-state index in [9.17, 15) is 0 Å². The van der Waals surface area contributed by atoms with Crippen LogP contribution in [0, 0.1) is 5.92 Å². The van der Waals surface area contributed by atoms with Crippen molar-refractivity contribution in [2.75, 3.05) is 0 Å². The molecule has 1 atom stereocenters. The van der Waals surface area contributed by atoms with E-state index in [1.807, 2.05) is 0 Å². The van der Waals surface area contributed by atoms with E-state index >= 15 is 0 Å². The summed E-state index contributed by atoms with van der Waals surface area (Å²) in [5.74, 6) is 0.618. The van der Waals surface area contributed by atoms with Gasteiger partial charge in [0.05, 0.1) is 6.04 Å². The van der Waals surface area contributed by atoms with E-state index in [0.29, 0.717) is 12.0 Å². The monoisotopic (exact) mass is 198 g/mol. The molecule has 1 unspecified atom stereocenters. The van der Waals surface area contributed by atoms with Crippen LogP contribution in [0.25, 0.3) is 0 Å². The summed E-state index contributed by atoms with van der Waals surface area (Å²) in [6, 6.07) is 0.413. The van der Waals surface area contributed by atoms with Crippen LogP contribution in [0.2, 0.25) is 0 Å². The number of aryl methyl sites for hydroxylation is 1. The lowest BCUT2D eigenvalue weighted by Crippen LogP contribution is -2.18. The summed E-state index contributed by atoms with van der Waals surface area (Å²) in [6.45, 7) is 9.74. The zero-order chi connectivity index (χ0) is 9.84. The van der Waals surface area contributed by atoms with E-state index in [1.165, 1.54) is 0 Å². The molecule has 0 aliphatic carbocycles. The second kappa shape index (κ2) is 4.61. The molecular weight excluding hydrogens is 180 g/mol. The predicted molar refractivity (Wildman–Crippen MR) is 57.8 cm³/mol. The highest BCUT2D eigenvalue weighted by molar-refractivity contribution is 7.07. The standard InChI is InChI=1S/C10H18N2S/c1-5-12-6-7-13-10(12)11-9(4)8(2)3/h6-9H,5H2,1-4H3. The second-order valence-electron chi connectivity index (χ2n) is 3.59. The molecule has 0 aromatic carbocycles. The smallest absolute Gasteiger partial charge is 0.184 e. The van der Waals surface area contributed by atoms with Crippen molar-refractivity contribution in [1.29, 1.82) is 0 Å². The number of rotatable bonds is 3. The molecular formula is C10H18N2S. The molecule has 0 saturated carbocycles. The summed E-state index contributed by atoms with van der Waals surface area (Å²) in [4.78, 5) is 5.81. The van der Waals surface area contributed by atoms with E-state index in [-0.39, 0.29) is 0 Å². The van der Waals surface area contributed by atoms with Crippen molar-refractivity contribution in [1.82, 2.24) is 4.57 Å². The topological polar surface area (TPSA) is 17.3 Å². The van der Waals surface area contributed by atoms with E-state index in [2.05, 4.69) is 48.8 Å². The van der Waals surface area contributed by atoms with Gasteiger partial charge in [-0.25, -0.2) is 0 Å². The molecule has 1 aromatic heterocycles. The normalized spacial score (nSPS) is 15.3. The summed E-state index contributed by atoms with van der Waals surface area (Å²) in [5.41, 5.74) is 0. The van der Waals surface area contributed by atoms with Gasteiger partial charge in [-0.15, -0.1) is 11.3 Å². The second-order valence-corrected chi connectivity index (χ2v) is 4.46. The third-order valence-corrected chi connectivity index (χ3v) is 3.09. The Morgan fingerprint density at radius 3 is 2.69 bits per heavy atom. The molecule has 1 heterocycles. The van der Waals surface area contributed by atoms with Crippen LogP contribution in [0.1, 0.15) is 27.7 Å². The fraction of sp³-hybridized carbons (Fsp3) is 0.700. The van der Waals surface area contributed by atoms with Gasteiger partial charge in [0.2, 0.25) is 0 Å². The molecule has 0 bridgehead atoms. The molecule has 0 spiro atoms. The summed E-state index contributed by atoms with van der Waals surface area (Å²) in [6.07, 6.45) is 2.09. The summed E-state index contributed by atoms with van der Waals surface area (Å²) in [7, 11) is 0. The van der Waals surface area contributed by atoms with Crippen LogP contribution in [0.5, 0.6) is 0 Å². The Morgan fingerprint density at radius 1 is 1.46 bits per heavy atom. The predicted octanol–water partition coefficient (Wildman–Crippen LogP) is 2.51. The van der Waals surface area contributed by atoms with Crippen LogP contribution in [0.4, 0.5) is 0 Å². The van der Waals surface area contributed by atoms with Crippen molar-refractivity contribution in [3.8, 4) is 0 Å². The Bertz CT molecular complexity index is 309. The van der Waals surface area contributed by atoms with Crippen LogP contribution < -0.4 is 4.80 Å². The van der Waals surface area contributed by atoms with Crippen molar-refractivity contribution in [3.05, 3.63) is 16.4 Å². The molecule has 74 valence electrons. The summed E-state index contributed by atoms with van der Waals surface area (Å²) in [5, 5.41) is 2.09. The Kier molecular flexibility index (Phi) is 3.72. The van der Waals surface area contributed by atoms with Gasteiger partial charge < -0.3 is 4.57 Å². The lowest BCUT2D eigenvalue weighted by atomic mass is 10.1. The van der Waals surface area contributed by atoms with E-state index in [4.69, 9.17) is 0 Å². The molecule has 2 nitrogen and oxygen atoms in total. The van der Waals surface area contributed by atoms with Gasteiger partial charge in [0.1, 0.15) is 0 Å². The molecule has 0 aliphatic heterocycles. The molecule has 1 rings (SSSR count). The third-order valence-electron chi connectivity index (χ3n) is 2.28. The number of nitrogens with zero attached hydrogens (tertiary/aromatic N) is 2. The molecule has 0 fully saturated rings. The fourth-order valence-corrected chi connectivity index (χ4v) is 1.85. The maximum atomic E-state index is 4.67. The van der Waals surface area contributed by atoms with Crippen LogP contribution >= 0.6 is 11.3 Å². The Labute approximate surface area is 84.0 Å². The molecule has 13 heavy (non-hydrogen) atoms. The summed E-state index contributed by atoms with van der Waals surface area (Å²) < 4.78 is 2.18. The maximum absolute atomic E-state index is 4.67. The van der Waals surface area contributed by atoms with Crippen LogP contribution in [-0.4, -0.2) is 10.6 Å². The molecule has 0 radical (unpaired) electrons. The average molecular weight is 198 g/mol. The number of hydrogen-bond acceptors (Lipinski definition) is 2. The molecule has 0 aliphatic rings. The Morgan fingerprint density at radius 2 is 2.15 bits per heavy atom. The molecule has 1 aromatic rings. The van der Waals surface area contributed by atoms with Crippen molar-refractivity contribution in [3.63, 3.8) is 0 Å². The van der Waals surface area contributed by atoms with Gasteiger partial charge in [-0.2, -0.15) is 0 Å². The molecule has 0 N–H and O–H groups in total. The van der Waals surface area contributed by atoms with Gasteiger partial charge in [-0.05, 0) is 19.8 Å². The number of aromatic nitrogens is 1. The van der Waals surface area contributed by atoms with Gasteiger partial charge in [-0.1, -0.05) is 13.8 Å². The van der Waals surface area contributed by atoms with Crippen LogP contribution in [0.3, 0.4) is 0 Å². The number of thiazole rings is 1. The summed E-state index contributed by atoms with van der Waals surface area (Å²) >= 11 is 1.72. The minimum absolute atomic E-state index is 0.413. The van der Waals surface area contributed by atoms with Crippen molar-refractivity contribution < 1.29 is 0 Å². The van der Waals surface area contributed by atoms with Gasteiger partial charge in [0.15, 0.2) is 4.80 Å². The maximum Gasteiger partial charge on any atom is 0.184 e. The SMILES string of the molecule is CCn1ccsc1=NC(C)C(C)C. The highest BCUT2D eigenvalue weighted by Gasteiger charge is 2.04. The largest absolute Gasteiger partial charge is 0.324 e. The van der Waals surface area contributed by atoms with Gasteiger partial charge in [0, 0.05) is 18.1 Å². The lowest BCUT2D eigenvalue weighted by Gasteiger charge is -2.09. The van der Waals surface area contributed by atoms with Gasteiger partial charge in [0.25, 0.3) is 0 Å². The lowest BCUT2D eigenvalue weighted by molar-refractivity contribution is 0.515. The minimum atomic E-state index is 0.413. The molecule has 0 saturated heterocycles. The molecule has 0 amide bonds. The zero-order valence-electron chi connectivity index (χ0n) is 8.82. The fourth-order valence-electron chi connectivity index (χ4n) is 0.965. The molecule has 3 heteroatoms. The van der Waals surface area contributed by atoms with E-state index in [1.54, 1.807) is 11.3 Å². The minimum Gasteiger partial charge on any atom is -0.324 e. The average Bonchev–Trinajstić information content (AvgIpc) is 2.51. The van der Waals surface area contributed by atoms with Crippen molar-refractivity contribution >= 4 is 11.3 Å². The van der Waals surface area contributed by atoms with E-state index < -0.39 is 0 Å². The third kappa shape index (κ3) is 2.69. The number of hydrogen-bond donors (Lipinski definition) is 0. The first-order valence-corrected chi connectivity index (χ1v) is 5.71. The van der Waals surface area contributed by atoms with Gasteiger partial charge in [-0.3, -0.25) is 4.99 Å². The first kappa shape index (κ1) is 10.5. The first-order chi connectivity index (χ1) is 6.15. The van der Waals surface area contributed by atoms with Crippen molar-refractivity contribution in [2.24, 2.45) is 10.9 Å². The highest BCUT2D eigenvalue weighted by atomic mass is 32.1. The quantitative estimate of drug-likeness (QED) is 0.710. The van der Waals surface area contributed by atoms with Crippen LogP contribution in [0.15, 0.2) is 16.6 Å². The van der Waals surface area contributed by atoms with Crippen molar-refractivity contribution in [2.45, 2.75) is 40.3 Å². The van der Waals surface area contributed by atoms with Gasteiger partial charge >= 0.3 is 0 Å². The zero-order valence-corrected chi connectivity index (χ0v) is 9.64. The van der Waals surface area contributed by atoms with E-state index in [0.717, 1.165) is 11.3 Å². The van der Waals surface area contributed by atoms with Crippen LogP contribution in [-0.2, 0) is 6.54 Å². The highest BCUT2D eigenvalue weighted by Crippen LogP contribution is 2.04. The Balaban J connectivity index is 2.92. The Hall–Kier alpha value is -0.570. The first-order valence-electron chi connectivity index (χ1n) is 4.83.